The van der Waals surface area contributed by atoms with Gasteiger partial charge in [0.1, 0.15) is 5.75 Å². The van der Waals surface area contributed by atoms with Gasteiger partial charge in [0.25, 0.3) is 5.91 Å². The van der Waals surface area contributed by atoms with Crippen molar-refractivity contribution >= 4 is 11.6 Å². The van der Waals surface area contributed by atoms with Crippen molar-refractivity contribution in [3.63, 3.8) is 0 Å². The summed E-state index contributed by atoms with van der Waals surface area (Å²) in [5.41, 5.74) is 11.7. The average Bonchev–Trinajstić information content (AvgIpc) is 2.37. The minimum Gasteiger partial charge on any atom is -0.484 e. The van der Waals surface area contributed by atoms with Crippen LogP contribution in [-0.2, 0) is 4.79 Å². The van der Waals surface area contributed by atoms with E-state index < -0.39 is 5.91 Å². The molecule has 0 radical (unpaired) electrons. The molecule has 5 N–H and O–H groups in total. The van der Waals surface area contributed by atoms with Crippen molar-refractivity contribution in [1.82, 2.24) is 0 Å². The third-order valence-electron chi connectivity index (χ3n) is 3.03. The maximum Gasteiger partial charge on any atom is 0.255 e. The van der Waals surface area contributed by atoms with E-state index in [4.69, 9.17) is 16.2 Å². The standard InChI is InChI=1S/C14H23N3O2/c1-10(2)11(7-15)8-17-12-4-3-5-13(6-12)19-9-14(16)18/h3-6,10-11,17H,7-9,15H2,1-2H3,(H2,16,18). The molecular weight excluding hydrogens is 242 g/mol. The molecule has 1 unspecified atom stereocenters. The molecule has 1 rings (SSSR count). The molecule has 1 aromatic rings. The predicted molar refractivity (Wildman–Crippen MR) is 77.0 cm³/mol. The summed E-state index contributed by atoms with van der Waals surface area (Å²) < 4.78 is 5.25. The van der Waals surface area contributed by atoms with Gasteiger partial charge in [-0.1, -0.05) is 19.9 Å². The molecule has 1 aromatic carbocycles. The summed E-state index contributed by atoms with van der Waals surface area (Å²) in [6.07, 6.45) is 0. The first-order valence-electron chi connectivity index (χ1n) is 6.48. The van der Waals surface area contributed by atoms with Gasteiger partial charge in [0, 0.05) is 18.3 Å². The SMILES string of the molecule is CC(C)C(CN)CNc1cccc(OCC(N)=O)c1. The summed E-state index contributed by atoms with van der Waals surface area (Å²) in [6.45, 7) is 5.67. The highest BCUT2D eigenvalue weighted by Crippen LogP contribution is 2.18. The number of hydrogen-bond acceptors (Lipinski definition) is 4. The van der Waals surface area contributed by atoms with Gasteiger partial charge in [0.2, 0.25) is 0 Å². The summed E-state index contributed by atoms with van der Waals surface area (Å²) in [7, 11) is 0. The molecule has 0 aliphatic heterocycles. The van der Waals surface area contributed by atoms with Gasteiger partial charge in [-0.3, -0.25) is 4.79 Å². The summed E-state index contributed by atoms with van der Waals surface area (Å²) in [4.78, 5) is 10.7. The van der Waals surface area contributed by atoms with Gasteiger partial charge in [0.15, 0.2) is 6.61 Å². The first kappa shape index (κ1) is 15.3. The monoisotopic (exact) mass is 265 g/mol. The van der Waals surface area contributed by atoms with E-state index in [1.165, 1.54) is 0 Å². The van der Waals surface area contributed by atoms with Crippen LogP contribution in [0, 0.1) is 11.8 Å². The Hall–Kier alpha value is -1.75. The number of amides is 1. The van der Waals surface area contributed by atoms with Gasteiger partial charge in [0.05, 0.1) is 0 Å². The normalized spacial score (nSPS) is 12.2. The van der Waals surface area contributed by atoms with E-state index in [2.05, 4.69) is 19.2 Å². The highest BCUT2D eigenvalue weighted by atomic mass is 16.5. The van der Waals surface area contributed by atoms with Crippen LogP contribution >= 0.6 is 0 Å². The van der Waals surface area contributed by atoms with E-state index >= 15 is 0 Å². The zero-order valence-corrected chi connectivity index (χ0v) is 11.6. The molecule has 0 bridgehead atoms. The summed E-state index contributed by atoms with van der Waals surface area (Å²) in [5.74, 6) is 1.10. The van der Waals surface area contributed by atoms with Crippen LogP contribution in [-0.4, -0.2) is 25.6 Å². The Kier molecular flexibility index (Phi) is 6.15. The maximum atomic E-state index is 10.7. The second kappa shape index (κ2) is 7.63. The van der Waals surface area contributed by atoms with Gasteiger partial charge < -0.3 is 21.5 Å². The molecular formula is C14H23N3O2. The lowest BCUT2D eigenvalue weighted by Gasteiger charge is -2.20. The van der Waals surface area contributed by atoms with E-state index in [1.807, 2.05) is 18.2 Å². The summed E-state index contributed by atoms with van der Waals surface area (Å²) in [5, 5.41) is 3.33. The molecule has 0 fully saturated rings. The maximum absolute atomic E-state index is 10.7. The zero-order chi connectivity index (χ0) is 14.3. The van der Waals surface area contributed by atoms with E-state index in [0.29, 0.717) is 24.1 Å². The number of hydrogen-bond donors (Lipinski definition) is 3. The molecule has 1 amide bonds. The van der Waals surface area contributed by atoms with E-state index in [0.717, 1.165) is 12.2 Å². The van der Waals surface area contributed by atoms with E-state index in [9.17, 15) is 4.79 Å². The topological polar surface area (TPSA) is 90.4 Å². The van der Waals surface area contributed by atoms with Crippen molar-refractivity contribution in [1.29, 1.82) is 0 Å². The van der Waals surface area contributed by atoms with Gasteiger partial charge in [-0.25, -0.2) is 0 Å². The molecule has 5 heteroatoms. The molecule has 106 valence electrons. The van der Waals surface area contributed by atoms with Gasteiger partial charge in [-0.2, -0.15) is 0 Å². The predicted octanol–water partition coefficient (Wildman–Crippen LogP) is 1.19. The van der Waals surface area contributed by atoms with Gasteiger partial charge in [-0.05, 0) is 30.5 Å². The molecule has 0 spiro atoms. The Morgan fingerprint density at radius 1 is 1.42 bits per heavy atom. The fraction of sp³-hybridized carbons (Fsp3) is 0.500. The summed E-state index contributed by atoms with van der Waals surface area (Å²) >= 11 is 0. The van der Waals surface area contributed by atoms with Crippen molar-refractivity contribution in [2.75, 3.05) is 25.0 Å². The molecule has 0 aliphatic rings. The quantitative estimate of drug-likeness (QED) is 0.658. The lowest BCUT2D eigenvalue weighted by Crippen LogP contribution is -2.27. The van der Waals surface area contributed by atoms with Crippen LogP contribution in [0.5, 0.6) is 5.75 Å². The zero-order valence-electron chi connectivity index (χ0n) is 11.6. The fourth-order valence-electron chi connectivity index (χ4n) is 1.69. The molecule has 0 aliphatic carbocycles. The van der Waals surface area contributed by atoms with Crippen LogP contribution in [0.25, 0.3) is 0 Å². The second-order valence-corrected chi connectivity index (χ2v) is 4.90. The third kappa shape index (κ3) is 5.61. The number of rotatable bonds is 8. The number of primary amides is 1. The Morgan fingerprint density at radius 3 is 2.74 bits per heavy atom. The molecule has 19 heavy (non-hydrogen) atoms. The van der Waals surface area contributed by atoms with Crippen LogP contribution in [0.15, 0.2) is 24.3 Å². The first-order chi connectivity index (χ1) is 9.02. The lowest BCUT2D eigenvalue weighted by molar-refractivity contribution is -0.119. The minimum atomic E-state index is -0.485. The highest BCUT2D eigenvalue weighted by molar-refractivity contribution is 5.75. The van der Waals surface area contributed by atoms with E-state index in [-0.39, 0.29) is 6.61 Å². The number of nitrogens with one attached hydrogen (secondary N) is 1. The molecule has 1 atom stereocenters. The van der Waals surface area contributed by atoms with Crippen molar-refractivity contribution in [2.24, 2.45) is 23.3 Å². The van der Waals surface area contributed by atoms with Crippen LogP contribution in [0.2, 0.25) is 0 Å². The Balaban J connectivity index is 2.54. The number of ether oxygens (including phenoxy) is 1. The highest BCUT2D eigenvalue weighted by Gasteiger charge is 2.10. The number of carbonyl (C=O) groups is 1. The smallest absolute Gasteiger partial charge is 0.255 e. The van der Waals surface area contributed by atoms with Crippen molar-refractivity contribution < 1.29 is 9.53 Å². The van der Waals surface area contributed by atoms with Crippen LogP contribution in [0.1, 0.15) is 13.8 Å². The van der Waals surface area contributed by atoms with Crippen molar-refractivity contribution in [3.8, 4) is 5.75 Å². The van der Waals surface area contributed by atoms with Gasteiger partial charge in [-0.15, -0.1) is 0 Å². The third-order valence-corrected chi connectivity index (χ3v) is 3.03. The number of benzene rings is 1. The number of anilines is 1. The Bertz CT molecular complexity index is 407. The van der Waals surface area contributed by atoms with Crippen molar-refractivity contribution in [2.45, 2.75) is 13.8 Å². The molecule has 5 nitrogen and oxygen atoms in total. The second-order valence-electron chi connectivity index (χ2n) is 4.90. The van der Waals surface area contributed by atoms with Gasteiger partial charge >= 0.3 is 0 Å². The first-order valence-corrected chi connectivity index (χ1v) is 6.48. The molecule has 0 saturated heterocycles. The molecule has 0 aromatic heterocycles. The molecule has 0 saturated carbocycles. The summed E-state index contributed by atoms with van der Waals surface area (Å²) in [6, 6.07) is 7.45. The number of carbonyl (C=O) groups excluding carboxylic acids is 1. The minimum absolute atomic E-state index is 0.110. The number of nitrogens with two attached hydrogens (primary N) is 2. The molecule has 0 heterocycles. The van der Waals surface area contributed by atoms with Crippen LogP contribution in [0.3, 0.4) is 0 Å². The largest absolute Gasteiger partial charge is 0.484 e. The van der Waals surface area contributed by atoms with Crippen molar-refractivity contribution in [3.05, 3.63) is 24.3 Å². The van der Waals surface area contributed by atoms with E-state index in [1.54, 1.807) is 6.07 Å². The van der Waals surface area contributed by atoms with Crippen LogP contribution in [0.4, 0.5) is 5.69 Å². The Morgan fingerprint density at radius 2 is 2.16 bits per heavy atom. The average molecular weight is 265 g/mol. The Labute approximate surface area is 114 Å². The fourth-order valence-corrected chi connectivity index (χ4v) is 1.69. The lowest BCUT2D eigenvalue weighted by atomic mass is 9.96. The van der Waals surface area contributed by atoms with Crippen LogP contribution < -0.4 is 21.5 Å².